The van der Waals surface area contributed by atoms with Gasteiger partial charge >= 0.3 is 0 Å². The van der Waals surface area contributed by atoms with Crippen LogP contribution in [0.4, 0.5) is 0 Å². The van der Waals surface area contributed by atoms with E-state index in [-0.39, 0.29) is 47.6 Å². The van der Waals surface area contributed by atoms with E-state index in [9.17, 15) is 23.4 Å². The van der Waals surface area contributed by atoms with E-state index in [0.29, 0.717) is 11.3 Å². The van der Waals surface area contributed by atoms with Crippen LogP contribution in [0.2, 0.25) is 0 Å². The molecule has 0 aliphatic heterocycles. The molecule has 3 N–H and O–H groups in total. The fourth-order valence-corrected chi connectivity index (χ4v) is 6.10. The number of carbonyl (C=O) groups excluding carboxylic acids is 1. The number of aliphatic hydroxyl groups excluding tert-OH is 1. The Balaban J connectivity index is 1.86. The van der Waals surface area contributed by atoms with Gasteiger partial charge in [0, 0.05) is 19.2 Å². The van der Waals surface area contributed by atoms with Crippen molar-refractivity contribution in [3.8, 4) is 23.0 Å². The molecule has 0 spiro atoms. The topological polar surface area (TPSA) is 135 Å². The number of aromatic hydroxyl groups is 1. The first-order chi connectivity index (χ1) is 20.5. The van der Waals surface area contributed by atoms with Crippen molar-refractivity contribution in [2.75, 3.05) is 34.4 Å². The maximum Gasteiger partial charge on any atom is 0.244 e. The highest BCUT2D eigenvalue weighted by molar-refractivity contribution is 7.89. The normalized spacial score (nSPS) is 13.2. The van der Waals surface area contributed by atoms with Crippen LogP contribution in [-0.4, -0.2) is 75.4 Å². The molecule has 11 heteroatoms. The number of methoxy groups -OCH3 is 3. The van der Waals surface area contributed by atoms with Crippen LogP contribution in [0.25, 0.3) is 6.08 Å². The number of rotatable bonds is 15. The number of sulfonamides is 1. The van der Waals surface area contributed by atoms with Gasteiger partial charge in [-0.2, -0.15) is 4.31 Å². The number of phenols is 1. The number of hydrogen-bond donors (Lipinski definition) is 3. The molecule has 0 aliphatic rings. The number of ether oxygens (including phenoxy) is 3. The van der Waals surface area contributed by atoms with Crippen molar-refractivity contribution in [1.82, 2.24) is 9.62 Å². The van der Waals surface area contributed by atoms with E-state index in [0.717, 1.165) is 5.56 Å². The SMILES string of the molecule is COc1ccc(S(=O)(=O)N(CC(C)C)C[C@@H](O)[C@H](Cc2ccccc2)NC(=O)/C=C/c2cc(OC)c(O)c(OC)c2)cc1. The van der Waals surface area contributed by atoms with Gasteiger partial charge in [0.25, 0.3) is 0 Å². The first-order valence-electron chi connectivity index (χ1n) is 13.8. The van der Waals surface area contributed by atoms with Crippen molar-refractivity contribution in [2.45, 2.75) is 37.3 Å². The summed E-state index contributed by atoms with van der Waals surface area (Å²) in [6, 6.07) is 17.7. The van der Waals surface area contributed by atoms with Crippen LogP contribution in [0.5, 0.6) is 23.0 Å². The van der Waals surface area contributed by atoms with Gasteiger partial charge in [-0.25, -0.2) is 8.42 Å². The summed E-state index contributed by atoms with van der Waals surface area (Å²) in [5.74, 6) is 0.203. The van der Waals surface area contributed by atoms with Gasteiger partial charge in [-0.05, 0) is 65.9 Å². The van der Waals surface area contributed by atoms with Gasteiger partial charge in [0.05, 0.1) is 38.4 Å². The fourth-order valence-electron chi connectivity index (χ4n) is 4.47. The number of amides is 1. The number of nitrogens with one attached hydrogen (secondary N) is 1. The third-order valence-electron chi connectivity index (χ3n) is 6.68. The monoisotopic (exact) mass is 612 g/mol. The molecule has 2 atom stereocenters. The Morgan fingerprint density at radius 2 is 1.53 bits per heavy atom. The van der Waals surface area contributed by atoms with Crippen molar-refractivity contribution in [1.29, 1.82) is 0 Å². The Kier molecular flexibility index (Phi) is 12.0. The lowest BCUT2D eigenvalue weighted by Crippen LogP contribution is -2.50. The van der Waals surface area contributed by atoms with Crippen molar-refractivity contribution in [3.05, 3.63) is 83.9 Å². The predicted octanol–water partition coefficient (Wildman–Crippen LogP) is 3.87. The largest absolute Gasteiger partial charge is 0.502 e. The fraction of sp³-hybridized carbons (Fsp3) is 0.344. The summed E-state index contributed by atoms with van der Waals surface area (Å²) in [6.45, 7) is 3.72. The Morgan fingerprint density at radius 1 is 0.930 bits per heavy atom. The van der Waals surface area contributed by atoms with Crippen molar-refractivity contribution in [3.63, 3.8) is 0 Å². The molecule has 0 fully saturated rings. The molecule has 3 rings (SSSR count). The molecule has 3 aromatic rings. The van der Waals surface area contributed by atoms with E-state index >= 15 is 0 Å². The first-order valence-corrected chi connectivity index (χ1v) is 15.2. The van der Waals surface area contributed by atoms with Gasteiger partial charge in [-0.1, -0.05) is 44.2 Å². The first kappa shape index (κ1) is 33.4. The number of benzene rings is 3. The lowest BCUT2D eigenvalue weighted by Gasteiger charge is -2.30. The molecule has 0 unspecified atom stereocenters. The van der Waals surface area contributed by atoms with E-state index in [1.165, 1.54) is 49.9 Å². The van der Waals surface area contributed by atoms with Gasteiger partial charge in [0.1, 0.15) is 5.75 Å². The maximum atomic E-state index is 13.6. The molecular formula is C32H40N2O8S. The summed E-state index contributed by atoms with van der Waals surface area (Å²) >= 11 is 0. The van der Waals surface area contributed by atoms with Gasteiger partial charge < -0.3 is 29.7 Å². The predicted molar refractivity (Wildman–Crippen MR) is 165 cm³/mol. The molecule has 232 valence electrons. The highest BCUT2D eigenvalue weighted by Gasteiger charge is 2.31. The molecule has 43 heavy (non-hydrogen) atoms. The summed E-state index contributed by atoms with van der Waals surface area (Å²) < 4.78 is 44.0. The smallest absolute Gasteiger partial charge is 0.244 e. The lowest BCUT2D eigenvalue weighted by molar-refractivity contribution is -0.118. The average Bonchev–Trinajstić information content (AvgIpc) is 3.00. The third-order valence-corrected chi connectivity index (χ3v) is 8.52. The highest BCUT2D eigenvalue weighted by Crippen LogP contribution is 2.37. The molecule has 3 aromatic carbocycles. The second-order valence-corrected chi connectivity index (χ2v) is 12.3. The Bertz CT molecular complexity index is 1450. The molecule has 0 aromatic heterocycles. The van der Waals surface area contributed by atoms with E-state index in [1.807, 2.05) is 44.2 Å². The van der Waals surface area contributed by atoms with Gasteiger partial charge in [0.2, 0.25) is 21.7 Å². The van der Waals surface area contributed by atoms with E-state index in [2.05, 4.69) is 5.32 Å². The van der Waals surface area contributed by atoms with Crippen LogP contribution in [0.1, 0.15) is 25.0 Å². The van der Waals surface area contributed by atoms with Crippen LogP contribution in [0.15, 0.2) is 77.7 Å². The average molecular weight is 613 g/mol. The zero-order valence-corrected chi connectivity index (χ0v) is 25.9. The quantitative estimate of drug-likeness (QED) is 0.220. The maximum absolute atomic E-state index is 13.6. The number of hydrogen-bond acceptors (Lipinski definition) is 8. The Labute approximate surface area is 253 Å². The van der Waals surface area contributed by atoms with Crippen LogP contribution in [-0.2, 0) is 21.2 Å². The van der Waals surface area contributed by atoms with Crippen molar-refractivity contribution in [2.24, 2.45) is 5.92 Å². The van der Waals surface area contributed by atoms with Crippen LogP contribution < -0.4 is 19.5 Å². The summed E-state index contributed by atoms with van der Waals surface area (Å²) in [5, 5.41) is 24.4. The van der Waals surface area contributed by atoms with E-state index < -0.39 is 28.1 Å². The number of carbonyl (C=O) groups is 1. The molecular weight excluding hydrogens is 572 g/mol. The molecule has 0 saturated heterocycles. The van der Waals surface area contributed by atoms with Crippen LogP contribution in [0.3, 0.4) is 0 Å². The Hall–Kier alpha value is -4.06. The highest BCUT2D eigenvalue weighted by atomic mass is 32.2. The van der Waals surface area contributed by atoms with Gasteiger partial charge in [0.15, 0.2) is 11.5 Å². The van der Waals surface area contributed by atoms with Gasteiger partial charge in [-0.3, -0.25) is 4.79 Å². The second-order valence-electron chi connectivity index (χ2n) is 10.4. The molecule has 10 nitrogen and oxygen atoms in total. The molecule has 0 aliphatic carbocycles. The summed E-state index contributed by atoms with van der Waals surface area (Å²) in [6.07, 6.45) is 1.83. The minimum Gasteiger partial charge on any atom is -0.502 e. The standard InChI is InChI=1S/C32H40N2O8S/c1-22(2)20-34(43(38,39)26-14-12-25(40-3)13-15-26)21-28(35)27(17-23-9-7-6-8-10-23)33-31(36)16-11-24-18-29(41-4)32(37)30(19-24)42-5/h6-16,18-19,22,27-28,35,37H,17,20-21H2,1-5H3,(H,33,36)/b16-11+/t27-,28+/m0/s1. The molecule has 0 saturated carbocycles. The molecule has 0 radical (unpaired) electrons. The van der Waals surface area contributed by atoms with Crippen molar-refractivity contribution < 1.29 is 37.6 Å². The molecule has 0 bridgehead atoms. The van der Waals surface area contributed by atoms with Crippen molar-refractivity contribution >= 4 is 22.0 Å². The Morgan fingerprint density at radius 3 is 2.07 bits per heavy atom. The van der Waals surface area contributed by atoms with Gasteiger partial charge in [-0.15, -0.1) is 0 Å². The van der Waals surface area contributed by atoms with Crippen LogP contribution >= 0.6 is 0 Å². The summed E-state index contributed by atoms with van der Waals surface area (Å²) in [5.41, 5.74) is 1.40. The third kappa shape index (κ3) is 9.21. The minimum absolute atomic E-state index is 0.0235. The number of phenolic OH excluding ortho intramolecular Hbond substituents is 1. The number of aliphatic hydroxyl groups is 1. The number of nitrogens with zero attached hydrogens (tertiary/aromatic N) is 1. The minimum atomic E-state index is -3.97. The van der Waals surface area contributed by atoms with Crippen LogP contribution in [0, 0.1) is 5.92 Å². The lowest BCUT2D eigenvalue weighted by atomic mass is 10.0. The summed E-state index contributed by atoms with van der Waals surface area (Å²) in [4.78, 5) is 13.2. The zero-order chi connectivity index (χ0) is 31.6. The summed E-state index contributed by atoms with van der Waals surface area (Å²) in [7, 11) is 0.341. The second kappa shape index (κ2) is 15.4. The van der Waals surface area contributed by atoms with E-state index in [1.54, 1.807) is 24.3 Å². The van der Waals surface area contributed by atoms with E-state index in [4.69, 9.17) is 14.2 Å². The molecule has 0 heterocycles. The zero-order valence-electron chi connectivity index (χ0n) is 25.1. The molecule has 1 amide bonds.